The zero-order valence-corrected chi connectivity index (χ0v) is 10.2. The Morgan fingerprint density at radius 1 is 1.41 bits per heavy atom. The topological polar surface area (TPSA) is 59.3 Å². The van der Waals surface area contributed by atoms with Crippen molar-refractivity contribution in [3.8, 4) is 17.6 Å². The van der Waals surface area contributed by atoms with Crippen LogP contribution >= 0.6 is 0 Å². The number of ketones is 1. The van der Waals surface area contributed by atoms with Gasteiger partial charge in [-0.15, -0.1) is 0 Å². The lowest BCUT2D eigenvalue weighted by Gasteiger charge is -2.11. The SMILES string of the molecule is COc1ccc(C(=O)C(C)CC#N)c(OC)c1. The second kappa shape index (κ2) is 5.90. The zero-order valence-electron chi connectivity index (χ0n) is 10.2. The number of rotatable bonds is 5. The van der Waals surface area contributed by atoms with E-state index >= 15 is 0 Å². The largest absolute Gasteiger partial charge is 0.497 e. The highest BCUT2D eigenvalue weighted by Crippen LogP contribution is 2.27. The number of methoxy groups -OCH3 is 2. The molecule has 0 N–H and O–H groups in total. The van der Waals surface area contributed by atoms with Crippen molar-refractivity contribution in [2.45, 2.75) is 13.3 Å². The van der Waals surface area contributed by atoms with Crippen LogP contribution in [-0.4, -0.2) is 20.0 Å². The van der Waals surface area contributed by atoms with Crippen LogP contribution in [0.15, 0.2) is 18.2 Å². The molecule has 4 heteroatoms. The van der Waals surface area contributed by atoms with Crippen molar-refractivity contribution < 1.29 is 14.3 Å². The normalized spacial score (nSPS) is 11.4. The quantitative estimate of drug-likeness (QED) is 0.733. The zero-order chi connectivity index (χ0) is 12.8. The molecule has 1 atom stereocenters. The van der Waals surface area contributed by atoms with Gasteiger partial charge in [-0.2, -0.15) is 5.26 Å². The van der Waals surface area contributed by atoms with Gasteiger partial charge in [0.1, 0.15) is 11.5 Å². The fraction of sp³-hybridized carbons (Fsp3) is 0.385. The molecule has 0 radical (unpaired) electrons. The molecule has 90 valence electrons. The third-order valence-corrected chi connectivity index (χ3v) is 2.52. The van der Waals surface area contributed by atoms with Crippen molar-refractivity contribution in [2.24, 2.45) is 5.92 Å². The maximum Gasteiger partial charge on any atom is 0.170 e. The number of carbonyl (C=O) groups excluding carboxylic acids is 1. The van der Waals surface area contributed by atoms with Crippen LogP contribution in [-0.2, 0) is 0 Å². The minimum Gasteiger partial charge on any atom is -0.497 e. The van der Waals surface area contributed by atoms with Gasteiger partial charge in [-0.1, -0.05) is 6.92 Å². The Hall–Kier alpha value is -2.02. The van der Waals surface area contributed by atoms with Crippen LogP contribution in [0.3, 0.4) is 0 Å². The summed E-state index contributed by atoms with van der Waals surface area (Å²) < 4.78 is 10.2. The number of ether oxygens (including phenoxy) is 2. The second-order valence-electron chi connectivity index (χ2n) is 3.69. The van der Waals surface area contributed by atoms with Gasteiger partial charge in [0.2, 0.25) is 0 Å². The molecule has 0 saturated carbocycles. The smallest absolute Gasteiger partial charge is 0.170 e. The van der Waals surface area contributed by atoms with Crippen LogP contribution in [0.4, 0.5) is 0 Å². The predicted octanol–water partition coefficient (Wildman–Crippen LogP) is 2.44. The first kappa shape index (κ1) is 13.0. The summed E-state index contributed by atoms with van der Waals surface area (Å²) in [7, 11) is 3.05. The average Bonchev–Trinajstić information content (AvgIpc) is 2.37. The third-order valence-electron chi connectivity index (χ3n) is 2.52. The molecule has 0 spiro atoms. The molecule has 1 unspecified atom stereocenters. The lowest BCUT2D eigenvalue weighted by molar-refractivity contribution is 0.0928. The molecule has 1 aromatic carbocycles. The molecule has 0 bridgehead atoms. The van der Waals surface area contributed by atoms with Crippen molar-refractivity contribution in [1.82, 2.24) is 0 Å². The van der Waals surface area contributed by atoms with Crippen LogP contribution in [0.5, 0.6) is 11.5 Å². The maximum atomic E-state index is 12.0. The fourth-order valence-electron chi connectivity index (χ4n) is 1.50. The molecule has 0 fully saturated rings. The molecular formula is C13H15NO3. The summed E-state index contributed by atoms with van der Waals surface area (Å²) in [4.78, 5) is 12.0. The van der Waals surface area contributed by atoms with Gasteiger partial charge in [0.25, 0.3) is 0 Å². The van der Waals surface area contributed by atoms with E-state index in [1.807, 2.05) is 6.07 Å². The van der Waals surface area contributed by atoms with Gasteiger partial charge in [-0.3, -0.25) is 4.79 Å². The number of hydrogen-bond donors (Lipinski definition) is 0. The van der Waals surface area contributed by atoms with Gasteiger partial charge in [-0.05, 0) is 12.1 Å². The molecule has 0 aliphatic carbocycles. The summed E-state index contributed by atoms with van der Waals surface area (Å²) in [6, 6.07) is 7.01. The summed E-state index contributed by atoms with van der Waals surface area (Å²) in [5.41, 5.74) is 0.482. The van der Waals surface area contributed by atoms with E-state index in [1.54, 1.807) is 32.2 Å². The van der Waals surface area contributed by atoms with Gasteiger partial charge in [0.05, 0.1) is 25.9 Å². The first-order valence-electron chi connectivity index (χ1n) is 5.27. The number of carbonyl (C=O) groups is 1. The Bertz CT molecular complexity index is 448. The molecular weight excluding hydrogens is 218 g/mol. The molecule has 0 saturated heterocycles. The standard InChI is InChI=1S/C13H15NO3/c1-9(6-7-14)13(15)11-5-4-10(16-2)8-12(11)17-3/h4-5,8-9H,6H2,1-3H3. The lowest BCUT2D eigenvalue weighted by Crippen LogP contribution is -2.12. The van der Waals surface area contributed by atoms with Crippen LogP contribution in [0.1, 0.15) is 23.7 Å². The van der Waals surface area contributed by atoms with Crippen molar-refractivity contribution in [2.75, 3.05) is 14.2 Å². The predicted molar refractivity (Wildman–Crippen MR) is 63.3 cm³/mol. The maximum absolute atomic E-state index is 12.0. The molecule has 0 amide bonds. The van der Waals surface area contributed by atoms with E-state index in [9.17, 15) is 4.79 Å². The molecule has 17 heavy (non-hydrogen) atoms. The second-order valence-corrected chi connectivity index (χ2v) is 3.69. The highest BCUT2D eigenvalue weighted by atomic mass is 16.5. The van der Waals surface area contributed by atoms with Crippen LogP contribution < -0.4 is 9.47 Å². The van der Waals surface area contributed by atoms with Crippen molar-refractivity contribution in [3.05, 3.63) is 23.8 Å². The molecule has 1 aromatic rings. The monoisotopic (exact) mass is 233 g/mol. The molecule has 0 heterocycles. The van der Waals surface area contributed by atoms with E-state index in [-0.39, 0.29) is 18.1 Å². The van der Waals surface area contributed by atoms with Crippen molar-refractivity contribution in [3.63, 3.8) is 0 Å². The minimum absolute atomic E-state index is 0.0916. The highest BCUT2D eigenvalue weighted by Gasteiger charge is 2.19. The first-order valence-corrected chi connectivity index (χ1v) is 5.27. The summed E-state index contributed by atoms with van der Waals surface area (Å²) in [6.45, 7) is 1.73. The number of hydrogen-bond acceptors (Lipinski definition) is 4. The van der Waals surface area contributed by atoms with Gasteiger partial charge in [0, 0.05) is 18.4 Å². The Balaban J connectivity index is 3.05. The summed E-state index contributed by atoms with van der Waals surface area (Å²) >= 11 is 0. The van der Waals surface area contributed by atoms with Crippen LogP contribution in [0.25, 0.3) is 0 Å². The third kappa shape index (κ3) is 2.97. The molecule has 0 aromatic heterocycles. The average molecular weight is 233 g/mol. The molecule has 4 nitrogen and oxygen atoms in total. The summed E-state index contributed by atoms with van der Waals surface area (Å²) in [5, 5.41) is 8.59. The van der Waals surface area contributed by atoms with E-state index in [0.29, 0.717) is 17.1 Å². The molecule has 1 rings (SSSR count). The highest BCUT2D eigenvalue weighted by molar-refractivity contribution is 6.00. The van der Waals surface area contributed by atoms with Gasteiger partial charge in [-0.25, -0.2) is 0 Å². The van der Waals surface area contributed by atoms with Crippen molar-refractivity contribution >= 4 is 5.78 Å². The van der Waals surface area contributed by atoms with E-state index in [2.05, 4.69) is 0 Å². The summed E-state index contributed by atoms with van der Waals surface area (Å²) in [6.07, 6.45) is 0.202. The number of nitriles is 1. The van der Waals surface area contributed by atoms with E-state index < -0.39 is 0 Å². The fourth-order valence-corrected chi connectivity index (χ4v) is 1.50. The first-order chi connectivity index (χ1) is 8.13. The Morgan fingerprint density at radius 2 is 2.12 bits per heavy atom. The number of benzene rings is 1. The van der Waals surface area contributed by atoms with E-state index in [4.69, 9.17) is 14.7 Å². The minimum atomic E-state index is -0.331. The lowest BCUT2D eigenvalue weighted by atomic mass is 9.96. The number of nitrogens with zero attached hydrogens (tertiary/aromatic N) is 1. The van der Waals surface area contributed by atoms with Crippen LogP contribution in [0.2, 0.25) is 0 Å². The summed E-state index contributed by atoms with van der Waals surface area (Å²) in [5.74, 6) is 0.679. The van der Waals surface area contributed by atoms with E-state index in [1.165, 1.54) is 7.11 Å². The van der Waals surface area contributed by atoms with Gasteiger partial charge < -0.3 is 9.47 Å². The number of Topliss-reactive ketones (excluding diaryl/α,β-unsaturated/α-hetero) is 1. The van der Waals surface area contributed by atoms with E-state index in [0.717, 1.165) is 0 Å². The van der Waals surface area contributed by atoms with Gasteiger partial charge >= 0.3 is 0 Å². The van der Waals surface area contributed by atoms with Crippen molar-refractivity contribution in [1.29, 1.82) is 5.26 Å². The Labute approximate surface area is 101 Å². The Morgan fingerprint density at radius 3 is 2.65 bits per heavy atom. The van der Waals surface area contributed by atoms with Crippen LogP contribution in [0, 0.1) is 17.2 Å². The molecule has 0 aliphatic rings. The van der Waals surface area contributed by atoms with Gasteiger partial charge in [0.15, 0.2) is 5.78 Å². The molecule has 0 aliphatic heterocycles. The Kier molecular flexibility index (Phi) is 4.53.